The molecule has 2 aromatic rings. The molecule has 1 atom stereocenters. The molecule has 1 aromatic heterocycles. The van der Waals surface area contributed by atoms with Crippen molar-refractivity contribution in [3.63, 3.8) is 0 Å². The zero-order valence-corrected chi connectivity index (χ0v) is 15.4. The molecule has 5 heteroatoms. The summed E-state index contributed by atoms with van der Waals surface area (Å²) in [6.45, 7) is 3.97. The van der Waals surface area contributed by atoms with Crippen LogP contribution in [0, 0.1) is 16.7 Å². The Bertz CT molecular complexity index is 610. The number of thiophene rings is 1. The number of benzene rings is 1. The number of aliphatic hydroxyl groups is 1. The Balaban J connectivity index is 2.60. The molecule has 1 aromatic carbocycles. The van der Waals surface area contributed by atoms with E-state index in [-0.39, 0.29) is 0 Å². The van der Waals surface area contributed by atoms with E-state index in [1.165, 1.54) is 0 Å². The van der Waals surface area contributed by atoms with E-state index in [9.17, 15) is 5.11 Å². The predicted octanol–water partition coefficient (Wildman–Crippen LogP) is 4.82. The third kappa shape index (κ3) is 2.99. The maximum Gasteiger partial charge on any atom is 0.128 e. The van der Waals surface area contributed by atoms with Crippen LogP contribution in [0.4, 0.5) is 0 Å². The van der Waals surface area contributed by atoms with Gasteiger partial charge in [0.25, 0.3) is 0 Å². The van der Waals surface area contributed by atoms with Gasteiger partial charge < -0.3 is 9.84 Å². The van der Waals surface area contributed by atoms with Crippen molar-refractivity contribution in [3.05, 3.63) is 47.1 Å². The van der Waals surface area contributed by atoms with Crippen LogP contribution in [0.3, 0.4) is 0 Å². The second-order valence-corrected chi connectivity index (χ2v) is 7.99. The highest BCUT2D eigenvalue weighted by molar-refractivity contribution is 14.1. The number of aliphatic hydroxyl groups excluding tert-OH is 1. The average Bonchev–Trinajstić information content (AvgIpc) is 2.79. The number of methoxy groups -OCH3 is 1. The van der Waals surface area contributed by atoms with E-state index in [1.54, 1.807) is 18.4 Å². The van der Waals surface area contributed by atoms with Crippen molar-refractivity contribution in [2.75, 3.05) is 7.11 Å². The molecule has 2 rings (SSSR count). The molecule has 0 saturated heterocycles. The summed E-state index contributed by atoms with van der Waals surface area (Å²) in [6.07, 6.45) is -0.661. The molecule has 2 nitrogen and oxygen atoms in total. The van der Waals surface area contributed by atoms with Crippen molar-refractivity contribution < 1.29 is 9.84 Å². The number of hydrogen-bond donors (Lipinski definition) is 1. The number of ether oxygens (including phenoxy) is 1. The van der Waals surface area contributed by atoms with Crippen molar-refractivity contribution in [2.45, 2.75) is 20.0 Å². The van der Waals surface area contributed by atoms with E-state index in [2.05, 4.69) is 38.5 Å². The summed E-state index contributed by atoms with van der Waals surface area (Å²) in [6, 6.07) is 4.02. The molecule has 0 aliphatic heterocycles. The molecule has 0 spiro atoms. The van der Waals surface area contributed by atoms with Crippen molar-refractivity contribution in [3.8, 4) is 5.75 Å². The molecule has 0 radical (unpaired) electrons. The average molecular weight is 453 g/mol. The molecule has 19 heavy (non-hydrogen) atoms. The highest BCUT2D eigenvalue weighted by Gasteiger charge is 2.22. The first-order valence-corrected chi connectivity index (χ1v) is 8.46. The third-order valence-corrected chi connectivity index (χ3v) is 5.72. The SMILES string of the molecule is COc1c(C)cc(Br)c(C)c1C(O)c1csc(I)c1. The molecule has 0 saturated carbocycles. The minimum atomic E-state index is -0.661. The van der Waals surface area contributed by atoms with E-state index in [0.717, 1.165) is 35.4 Å². The van der Waals surface area contributed by atoms with E-state index >= 15 is 0 Å². The van der Waals surface area contributed by atoms with Gasteiger partial charge in [0.05, 0.1) is 9.99 Å². The van der Waals surface area contributed by atoms with Crippen LogP contribution in [-0.4, -0.2) is 12.2 Å². The van der Waals surface area contributed by atoms with Gasteiger partial charge in [0.15, 0.2) is 0 Å². The van der Waals surface area contributed by atoms with Crippen molar-refractivity contribution in [1.29, 1.82) is 0 Å². The Kier molecular flexibility index (Phi) is 4.92. The lowest BCUT2D eigenvalue weighted by Gasteiger charge is -2.20. The van der Waals surface area contributed by atoms with Crippen molar-refractivity contribution >= 4 is 49.9 Å². The topological polar surface area (TPSA) is 29.5 Å². The number of rotatable bonds is 3. The standard InChI is InChI=1S/C14H14BrIO2S/c1-7-4-10(15)8(2)12(14(7)18-3)13(17)9-5-11(16)19-6-9/h4-6,13,17H,1-3H3. The van der Waals surface area contributed by atoms with Crippen molar-refractivity contribution in [2.24, 2.45) is 0 Å². The summed E-state index contributed by atoms with van der Waals surface area (Å²) in [7, 11) is 1.64. The fraction of sp³-hybridized carbons (Fsp3) is 0.286. The zero-order chi connectivity index (χ0) is 14.2. The Morgan fingerprint density at radius 3 is 2.58 bits per heavy atom. The fourth-order valence-electron chi connectivity index (χ4n) is 2.11. The van der Waals surface area contributed by atoms with Gasteiger partial charge in [-0.1, -0.05) is 15.9 Å². The first-order valence-electron chi connectivity index (χ1n) is 5.71. The van der Waals surface area contributed by atoms with E-state index in [1.807, 2.05) is 31.4 Å². The normalized spacial score (nSPS) is 12.5. The van der Waals surface area contributed by atoms with E-state index in [0.29, 0.717) is 0 Å². The summed E-state index contributed by atoms with van der Waals surface area (Å²) in [5, 5.41) is 12.6. The largest absolute Gasteiger partial charge is 0.496 e. The Labute approximate surface area is 139 Å². The Morgan fingerprint density at radius 2 is 2.05 bits per heavy atom. The molecule has 0 aliphatic rings. The fourth-order valence-corrected chi connectivity index (χ4v) is 4.06. The molecule has 0 bridgehead atoms. The number of halogens is 2. The minimum absolute atomic E-state index is 0.661. The van der Waals surface area contributed by atoms with Crippen LogP contribution in [0.5, 0.6) is 5.75 Å². The second-order valence-electron chi connectivity index (χ2n) is 4.33. The summed E-state index contributed by atoms with van der Waals surface area (Å²) in [5.74, 6) is 0.759. The van der Waals surface area contributed by atoms with Crippen LogP contribution in [0.25, 0.3) is 0 Å². The molecule has 0 fully saturated rings. The van der Waals surface area contributed by atoms with E-state index < -0.39 is 6.10 Å². The van der Waals surface area contributed by atoms with Crippen LogP contribution in [0.15, 0.2) is 22.0 Å². The molecule has 1 unspecified atom stereocenters. The monoisotopic (exact) mass is 452 g/mol. The first kappa shape index (κ1) is 15.3. The molecule has 0 amide bonds. The van der Waals surface area contributed by atoms with Gasteiger partial charge >= 0.3 is 0 Å². The minimum Gasteiger partial charge on any atom is -0.496 e. The third-order valence-electron chi connectivity index (χ3n) is 3.09. The number of hydrogen-bond acceptors (Lipinski definition) is 3. The molecular weight excluding hydrogens is 439 g/mol. The molecule has 1 heterocycles. The molecular formula is C14H14BrIO2S. The first-order chi connectivity index (χ1) is 8.95. The highest BCUT2D eigenvalue weighted by Crippen LogP contribution is 2.39. The quantitative estimate of drug-likeness (QED) is 0.676. The van der Waals surface area contributed by atoms with Crippen LogP contribution < -0.4 is 4.74 Å². The van der Waals surface area contributed by atoms with Gasteiger partial charge in [0, 0.05) is 10.0 Å². The molecule has 0 aliphatic carbocycles. The second kappa shape index (κ2) is 6.11. The summed E-state index contributed by atoms with van der Waals surface area (Å²) in [5.41, 5.74) is 3.77. The maximum atomic E-state index is 10.6. The Hall–Kier alpha value is -0.110. The van der Waals surface area contributed by atoms with Crippen LogP contribution in [0.2, 0.25) is 0 Å². The lowest BCUT2D eigenvalue weighted by atomic mass is 9.96. The summed E-state index contributed by atoms with van der Waals surface area (Å²) >= 11 is 7.43. The van der Waals surface area contributed by atoms with Crippen molar-refractivity contribution in [1.82, 2.24) is 0 Å². The van der Waals surface area contributed by atoms with Gasteiger partial charge in [0.1, 0.15) is 11.9 Å². The Morgan fingerprint density at radius 1 is 1.37 bits per heavy atom. The van der Waals surface area contributed by atoms with Gasteiger partial charge in [-0.3, -0.25) is 0 Å². The molecule has 1 N–H and O–H groups in total. The van der Waals surface area contributed by atoms with E-state index in [4.69, 9.17) is 4.74 Å². The molecule has 102 valence electrons. The lowest BCUT2D eigenvalue weighted by Crippen LogP contribution is -2.06. The predicted molar refractivity (Wildman–Crippen MR) is 91.3 cm³/mol. The van der Waals surface area contributed by atoms with Gasteiger partial charge in [-0.05, 0) is 70.6 Å². The summed E-state index contributed by atoms with van der Waals surface area (Å²) in [4.78, 5) is 0. The van der Waals surface area contributed by atoms with Gasteiger partial charge in [-0.25, -0.2) is 0 Å². The highest BCUT2D eigenvalue weighted by atomic mass is 127. The lowest BCUT2D eigenvalue weighted by molar-refractivity contribution is 0.214. The van der Waals surface area contributed by atoms with Crippen LogP contribution in [0.1, 0.15) is 28.4 Å². The van der Waals surface area contributed by atoms with Gasteiger partial charge in [0.2, 0.25) is 0 Å². The van der Waals surface area contributed by atoms with Gasteiger partial charge in [-0.2, -0.15) is 0 Å². The number of aryl methyl sites for hydroxylation is 1. The zero-order valence-electron chi connectivity index (χ0n) is 10.8. The smallest absolute Gasteiger partial charge is 0.128 e. The van der Waals surface area contributed by atoms with Gasteiger partial charge in [-0.15, -0.1) is 11.3 Å². The van der Waals surface area contributed by atoms with Crippen LogP contribution in [-0.2, 0) is 0 Å². The van der Waals surface area contributed by atoms with Crippen LogP contribution >= 0.6 is 49.9 Å². The maximum absolute atomic E-state index is 10.6. The summed E-state index contributed by atoms with van der Waals surface area (Å²) < 4.78 is 7.63.